The molecule has 132 valence electrons. The van der Waals surface area contributed by atoms with Gasteiger partial charge < -0.3 is 9.66 Å². The van der Waals surface area contributed by atoms with Crippen LogP contribution in [-0.2, 0) is 10.1 Å². The van der Waals surface area contributed by atoms with Crippen molar-refractivity contribution in [3.05, 3.63) is 64.7 Å². The minimum atomic E-state index is -4.84. The second kappa shape index (κ2) is 6.50. The lowest BCUT2D eigenvalue weighted by atomic mass is 10.1. The molecule has 26 heavy (non-hydrogen) atoms. The van der Waals surface area contributed by atoms with E-state index in [1.807, 2.05) is 0 Å². The number of phenolic OH excluding ortho intramolecular Hbond substituents is 1. The first-order valence-electron chi connectivity index (χ1n) is 7.14. The molecule has 0 aromatic heterocycles. The lowest BCUT2D eigenvalue weighted by molar-refractivity contribution is -0.384. The van der Waals surface area contributed by atoms with Crippen molar-refractivity contribution in [1.29, 1.82) is 0 Å². The van der Waals surface area contributed by atoms with Gasteiger partial charge in [-0.05, 0) is 23.6 Å². The number of nitrogens with zero attached hydrogens (tertiary/aromatic N) is 3. The van der Waals surface area contributed by atoms with Gasteiger partial charge in [-0.3, -0.25) is 10.1 Å². The van der Waals surface area contributed by atoms with Gasteiger partial charge >= 0.3 is 0 Å². The first-order valence-corrected chi connectivity index (χ1v) is 8.55. The summed E-state index contributed by atoms with van der Waals surface area (Å²) in [7, 11) is -4.84. The molecule has 0 heterocycles. The van der Waals surface area contributed by atoms with Crippen molar-refractivity contribution in [3.8, 4) is 5.75 Å². The van der Waals surface area contributed by atoms with Crippen LogP contribution in [0.1, 0.15) is 0 Å². The number of hydrogen-bond donors (Lipinski definition) is 1. The van der Waals surface area contributed by atoms with Crippen LogP contribution in [-0.4, -0.2) is 23.0 Å². The van der Waals surface area contributed by atoms with Gasteiger partial charge in [0.25, 0.3) is 5.69 Å². The van der Waals surface area contributed by atoms with Gasteiger partial charge in [0.15, 0.2) is 5.69 Å². The van der Waals surface area contributed by atoms with E-state index >= 15 is 0 Å². The maximum Gasteiger partial charge on any atom is 0.297 e. The molecular weight excluding hydrogens is 362 g/mol. The molecule has 0 bridgehead atoms. The van der Waals surface area contributed by atoms with Gasteiger partial charge in [0, 0.05) is 11.5 Å². The van der Waals surface area contributed by atoms with Crippen LogP contribution in [0.25, 0.3) is 10.8 Å². The smallest absolute Gasteiger partial charge is 0.297 e. The van der Waals surface area contributed by atoms with E-state index in [-0.39, 0.29) is 17.1 Å². The van der Waals surface area contributed by atoms with Gasteiger partial charge in [-0.15, -0.1) is 10.2 Å². The second-order valence-corrected chi connectivity index (χ2v) is 6.60. The van der Waals surface area contributed by atoms with Crippen molar-refractivity contribution in [2.24, 2.45) is 10.2 Å². The van der Waals surface area contributed by atoms with Crippen LogP contribution in [0.4, 0.5) is 17.1 Å². The summed E-state index contributed by atoms with van der Waals surface area (Å²) >= 11 is 0. The van der Waals surface area contributed by atoms with E-state index in [2.05, 4.69) is 10.2 Å². The van der Waals surface area contributed by atoms with Crippen LogP contribution in [0.5, 0.6) is 5.75 Å². The van der Waals surface area contributed by atoms with E-state index in [9.17, 15) is 28.2 Å². The Labute approximate surface area is 147 Å². The zero-order chi connectivity index (χ0) is 18.9. The Morgan fingerprint density at radius 2 is 1.73 bits per heavy atom. The number of nitro benzene ring substituents is 1. The minimum absolute atomic E-state index is 0.109. The third kappa shape index (κ3) is 3.36. The highest BCUT2D eigenvalue weighted by Gasteiger charge is 2.17. The molecular formula is C16H10N3O6S-. The Morgan fingerprint density at radius 3 is 2.42 bits per heavy atom. The quantitative estimate of drug-likeness (QED) is 0.319. The van der Waals surface area contributed by atoms with Crippen LogP contribution >= 0.6 is 0 Å². The molecule has 0 spiro atoms. The van der Waals surface area contributed by atoms with Crippen molar-refractivity contribution in [2.45, 2.75) is 4.90 Å². The molecule has 1 N–H and O–H groups in total. The zero-order valence-electron chi connectivity index (χ0n) is 12.9. The molecule has 10 heteroatoms. The topological polar surface area (TPSA) is 145 Å². The van der Waals surface area contributed by atoms with Crippen LogP contribution in [0, 0.1) is 10.1 Å². The number of aromatic hydroxyl groups is 1. The minimum Gasteiger partial charge on any atom is -0.744 e. The van der Waals surface area contributed by atoms with E-state index in [1.165, 1.54) is 6.07 Å². The SMILES string of the molecule is O=[N+]([O-])c1cc(S(=O)(=O)[O-])ccc1N=Nc1c(O)ccc2ccccc12. The Hall–Kier alpha value is -3.37. The van der Waals surface area contributed by atoms with Gasteiger partial charge in [0.2, 0.25) is 0 Å². The van der Waals surface area contributed by atoms with Crippen molar-refractivity contribution in [1.82, 2.24) is 0 Å². The van der Waals surface area contributed by atoms with Gasteiger partial charge in [-0.25, -0.2) is 8.42 Å². The largest absolute Gasteiger partial charge is 0.744 e. The van der Waals surface area contributed by atoms with Crippen LogP contribution < -0.4 is 0 Å². The summed E-state index contributed by atoms with van der Waals surface area (Å²) in [6.45, 7) is 0. The Bertz CT molecular complexity index is 1160. The number of nitro groups is 1. The lowest BCUT2D eigenvalue weighted by Gasteiger charge is -2.07. The van der Waals surface area contributed by atoms with E-state index < -0.39 is 25.6 Å². The molecule has 3 rings (SSSR count). The van der Waals surface area contributed by atoms with E-state index in [0.29, 0.717) is 11.5 Å². The van der Waals surface area contributed by atoms with Crippen LogP contribution in [0.2, 0.25) is 0 Å². The Balaban J connectivity index is 2.12. The number of benzene rings is 3. The molecule has 0 aliphatic heterocycles. The Morgan fingerprint density at radius 1 is 1.00 bits per heavy atom. The maximum absolute atomic E-state index is 11.1. The summed E-state index contributed by atoms with van der Waals surface area (Å²) in [5, 5.41) is 30.2. The monoisotopic (exact) mass is 372 g/mol. The van der Waals surface area contributed by atoms with Gasteiger partial charge in [0.1, 0.15) is 21.6 Å². The molecule has 0 amide bonds. The van der Waals surface area contributed by atoms with E-state index in [0.717, 1.165) is 17.5 Å². The zero-order valence-corrected chi connectivity index (χ0v) is 13.8. The molecule has 0 aliphatic carbocycles. The number of hydrogen-bond acceptors (Lipinski definition) is 8. The van der Waals surface area contributed by atoms with Crippen LogP contribution in [0.3, 0.4) is 0 Å². The van der Waals surface area contributed by atoms with Crippen molar-refractivity contribution in [3.63, 3.8) is 0 Å². The summed E-state index contributed by atoms with van der Waals surface area (Å²) in [6, 6.07) is 12.7. The summed E-state index contributed by atoms with van der Waals surface area (Å²) in [4.78, 5) is 9.54. The molecule has 0 unspecified atom stereocenters. The number of rotatable bonds is 4. The molecule has 0 saturated carbocycles. The lowest BCUT2D eigenvalue weighted by Crippen LogP contribution is -1.99. The van der Waals surface area contributed by atoms with Crippen molar-refractivity contribution >= 4 is 38.0 Å². The summed E-state index contributed by atoms with van der Waals surface area (Å²) in [5.74, 6) is -0.172. The molecule has 0 aliphatic rings. The highest BCUT2D eigenvalue weighted by Crippen LogP contribution is 2.37. The average molecular weight is 372 g/mol. The number of azo groups is 1. The maximum atomic E-state index is 11.1. The van der Waals surface area contributed by atoms with Crippen molar-refractivity contribution < 1.29 is 23.0 Å². The molecule has 3 aromatic rings. The Kier molecular flexibility index (Phi) is 4.36. The molecule has 0 saturated heterocycles. The third-order valence-corrected chi connectivity index (χ3v) is 4.40. The molecule has 0 fully saturated rings. The second-order valence-electron chi connectivity index (χ2n) is 5.22. The first-order chi connectivity index (χ1) is 12.3. The summed E-state index contributed by atoms with van der Waals surface area (Å²) in [6.07, 6.45) is 0. The molecule has 0 atom stereocenters. The van der Waals surface area contributed by atoms with Crippen LogP contribution in [0.15, 0.2) is 69.7 Å². The predicted octanol–water partition coefficient (Wildman–Crippen LogP) is 3.77. The fourth-order valence-corrected chi connectivity index (χ4v) is 2.83. The molecule has 3 aromatic carbocycles. The standard InChI is InChI=1S/C16H11N3O6S/c20-15-8-5-10-3-1-2-4-12(10)16(15)18-17-13-7-6-11(26(23,24)25)9-14(13)19(21)22/h1-9,20H,(H,23,24,25)/p-1. The van der Waals surface area contributed by atoms with Crippen molar-refractivity contribution in [2.75, 3.05) is 0 Å². The fraction of sp³-hybridized carbons (Fsp3) is 0. The number of fused-ring (bicyclic) bond motifs is 1. The summed E-state index contributed by atoms with van der Waals surface area (Å²) < 4.78 is 33.1. The predicted molar refractivity (Wildman–Crippen MR) is 90.8 cm³/mol. The highest BCUT2D eigenvalue weighted by atomic mass is 32.2. The molecule has 0 radical (unpaired) electrons. The average Bonchev–Trinajstić information content (AvgIpc) is 2.60. The van der Waals surface area contributed by atoms with Gasteiger partial charge in [-0.2, -0.15) is 0 Å². The normalized spacial score (nSPS) is 11.9. The van der Waals surface area contributed by atoms with Gasteiger partial charge in [0.05, 0.1) is 9.82 Å². The third-order valence-electron chi connectivity index (χ3n) is 3.57. The summed E-state index contributed by atoms with van der Waals surface area (Å²) in [5.41, 5.74) is -0.835. The first kappa shape index (κ1) is 17.5. The van der Waals surface area contributed by atoms with E-state index in [1.54, 1.807) is 30.3 Å². The van der Waals surface area contributed by atoms with Gasteiger partial charge in [-0.1, -0.05) is 30.3 Å². The highest BCUT2D eigenvalue weighted by molar-refractivity contribution is 7.85. The molecule has 9 nitrogen and oxygen atoms in total. The van der Waals surface area contributed by atoms with E-state index in [4.69, 9.17) is 0 Å². The fourth-order valence-electron chi connectivity index (χ4n) is 2.34. The number of phenols is 1.